The number of halogens is 1. The number of hydrogen-bond acceptors (Lipinski definition) is 1. The first-order valence-corrected chi connectivity index (χ1v) is 8.55. The molecule has 0 saturated heterocycles. The molecule has 0 radical (unpaired) electrons. The van der Waals surface area contributed by atoms with Crippen LogP contribution in [0.25, 0.3) is 0 Å². The Hall–Kier alpha value is -2.61. The van der Waals surface area contributed by atoms with Gasteiger partial charge < -0.3 is 4.90 Å². The van der Waals surface area contributed by atoms with Gasteiger partial charge in [-0.15, -0.1) is 0 Å². The maximum atomic E-state index is 13.1. The summed E-state index contributed by atoms with van der Waals surface area (Å²) < 4.78 is 13.1. The topological polar surface area (TPSA) is 3.24 Å². The molecule has 128 valence electrons. The highest BCUT2D eigenvalue weighted by Gasteiger charge is 2.23. The van der Waals surface area contributed by atoms with Gasteiger partial charge in [-0.25, -0.2) is 4.39 Å². The number of rotatable bonds is 4. The van der Waals surface area contributed by atoms with E-state index < -0.39 is 0 Å². The Morgan fingerprint density at radius 3 is 1.56 bits per heavy atom. The van der Waals surface area contributed by atoms with Gasteiger partial charge in [0.2, 0.25) is 0 Å². The van der Waals surface area contributed by atoms with Crippen LogP contribution in [0.4, 0.5) is 15.8 Å². The molecule has 0 N–H and O–H groups in total. The third-order valence-electron chi connectivity index (χ3n) is 4.96. The Balaban J connectivity index is 1.86. The van der Waals surface area contributed by atoms with Crippen LogP contribution < -0.4 is 4.90 Å². The summed E-state index contributed by atoms with van der Waals surface area (Å²) in [6, 6.07) is 23.9. The van der Waals surface area contributed by atoms with Gasteiger partial charge in [-0.2, -0.15) is 0 Å². The molecule has 3 aromatic carbocycles. The molecule has 25 heavy (non-hydrogen) atoms. The number of hydrogen-bond donors (Lipinski definition) is 0. The Bertz CT molecular complexity index is 831. The quantitative estimate of drug-likeness (QED) is 0.547. The van der Waals surface area contributed by atoms with E-state index in [1.807, 2.05) is 7.05 Å². The summed E-state index contributed by atoms with van der Waals surface area (Å²) in [5.74, 6) is -0.215. The lowest BCUT2D eigenvalue weighted by Gasteiger charge is -2.27. The van der Waals surface area contributed by atoms with Crippen LogP contribution >= 0.6 is 0 Å². The van der Waals surface area contributed by atoms with E-state index in [4.69, 9.17) is 0 Å². The fourth-order valence-corrected chi connectivity index (χ4v) is 3.05. The zero-order chi connectivity index (χ0) is 18.0. The van der Waals surface area contributed by atoms with Gasteiger partial charge in [-0.05, 0) is 54.4 Å². The monoisotopic (exact) mass is 333 g/mol. The van der Waals surface area contributed by atoms with E-state index in [-0.39, 0.29) is 11.2 Å². The van der Waals surface area contributed by atoms with E-state index in [0.29, 0.717) is 0 Å². The molecule has 0 bridgehead atoms. The molecule has 3 rings (SSSR count). The van der Waals surface area contributed by atoms with Crippen LogP contribution in [0.15, 0.2) is 72.8 Å². The smallest absolute Gasteiger partial charge is 0.123 e. The van der Waals surface area contributed by atoms with Gasteiger partial charge in [0.25, 0.3) is 0 Å². The van der Waals surface area contributed by atoms with E-state index in [1.54, 1.807) is 12.1 Å². The van der Waals surface area contributed by atoms with Crippen LogP contribution in [-0.2, 0) is 5.41 Å². The molecule has 0 aliphatic rings. The van der Waals surface area contributed by atoms with Crippen molar-refractivity contribution in [2.45, 2.75) is 26.2 Å². The minimum Gasteiger partial charge on any atom is -0.345 e. The van der Waals surface area contributed by atoms with E-state index in [9.17, 15) is 4.39 Å². The standard InChI is InChI=1S/C23H24FN/c1-17-5-7-18(8-6-17)23(2,3)19-9-13-21(14-10-19)25(4)22-15-11-20(24)12-16-22/h5-16H,1-4H3. The fourth-order valence-electron chi connectivity index (χ4n) is 3.05. The molecule has 0 aromatic heterocycles. The summed E-state index contributed by atoms with van der Waals surface area (Å²) in [6.07, 6.45) is 0. The highest BCUT2D eigenvalue weighted by molar-refractivity contribution is 5.63. The van der Waals surface area contributed by atoms with E-state index in [2.05, 4.69) is 74.2 Å². The van der Waals surface area contributed by atoms with E-state index in [1.165, 1.54) is 28.8 Å². The maximum Gasteiger partial charge on any atom is 0.123 e. The van der Waals surface area contributed by atoms with Gasteiger partial charge in [0.05, 0.1) is 0 Å². The number of aryl methyl sites for hydroxylation is 1. The second-order valence-corrected chi connectivity index (χ2v) is 7.07. The van der Waals surface area contributed by atoms with Gasteiger partial charge in [0, 0.05) is 23.8 Å². The molecule has 0 saturated carbocycles. The van der Waals surface area contributed by atoms with Gasteiger partial charge in [0.1, 0.15) is 5.82 Å². The minimum absolute atomic E-state index is 0.0549. The summed E-state index contributed by atoms with van der Waals surface area (Å²) in [7, 11) is 1.99. The number of benzene rings is 3. The molecule has 0 heterocycles. The average Bonchev–Trinajstić information content (AvgIpc) is 2.62. The highest BCUT2D eigenvalue weighted by atomic mass is 19.1. The molecule has 0 atom stereocenters. The molecule has 2 heteroatoms. The van der Waals surface area contributed by atoms with Crippen molar-refractivity contribution in [2.24, 2.45) is 0 Å². The predicted molar refractivity (Wildman–Crippen MR) is 104 cm³/mol. The normalized spacial score (nSPS) is 11.4. The number of anilines is 2. The van der Waals surface area contributed by atoms with Crippen LogP contribution in [-0.4, -0.2) is 7.05 Å². The van der Waals surface area contributed by atoms with Crippen molar-refractivity contribution in [3.8, 4) is 0 Å². The molecule has 0 spiro atoms. The van der Waals surface area contributed by atoms with Crippen LogP contribution in [0, 0.1) is 12.7 Å². The summed E-state index contributed by atoms with van der Waals surface area (Å²) in [5.41, 5.74) is 5.84. The Morgan fingerprint density at radius 1 is 0.680 bits per heavy atom. The molecule has 0 aliphatic heterocycles. The zero-order valence-corrected chi connectivity index (χ0v) is 15.3. The highest BCUT2D eigenvalue weighted by Crippen LogP contribution is 2.33. The third-order valence-corrected chi connectivity index (χ3v) is 4.96. The molecule has 0 unspecified atom stereocenters. The minimum atomic E-state index is -0.215. The Morgan fingerprint density at radius 2 is 1.08 bits per heavy atom. The fraction of sp³-hybridized carbons (Fsp3) is 0.217. The first kappa shape index (κ1) is 17.2. The summed E-state index contributed by atoms with van der Waals surface area (Å²) in [5, 5.41) is 0. The SMILES string of the molecule is Cc1ccc(C(C)(C)c2ccc(N(C)c3ccc(F)cc3)cc2)cc1. The summed E-state index contributed by atoms with van der Waals surface area (Å²) in [4.78, 5) is 2.06. The molecule has 1 nitrogen and oxygen atoms in total. The first-order valence-electron chi connectivity index (χ1n) is 8.55. The molecule has 0 aliphatic carbocycles. The van der Waals surface area contributed by atoms with Crippen LogP contribution in [0.1, 0.15) is 30.5 Å². The van der Waals surface area contributed by atoms with E-state index >= 15 is 0 Å². The molecule has 0 amide bonds. The Kier molecular flexibility index (Phi) is 4.63. The third kappa shape index (κ3) is 3.58. The second kappa shape index (κ2) is 6.72. The van der Waals surface area contributed by atoms with Gasteiger partial charge in [-0.1, -0.05) is 55.8 Å². The number of nitrogens with zero attached hydrogens (tertiary/aromatic N) is 1. The van der Waals surface area contributed by atoms with Crippen molar-refractivity contribution in [2.75, 3.05) is 11.9 Å². The van der Waals surface area contributed by atoms with Crippen LogP contribution in [0.3, 0.4) is 0 Å². The van der Waals surface area contributed by atoms with Crippen LogP contribution in [0.2, 0.25) is 0 Å². The molecule has 0 fully saturated rings. The lowest BCUT2D eigenvalue weighted by atomic mass is 9.78. The zero-order valence-electron chi connectivity index (χ0n) is 15.3. The lowest BCUT2D eigenvalue weighted by molar-refractivity contribution is 0.628. The predicted octanol–water partition coefficient (Wildman–Crippen LogP) is 6.23. The molecular formula is C23H24FN. The van der Waals surface area contributed by atoms with Crippen molar-refractivity contribution in [1.29, 1.82) is 0 Å². The Labute approximate surface area is 149 Å². The lowest BCUT2D eigenvalue weighted by Crippen LogP contribution is -2.19. The van der Waals surface area contributed by atoms with Crippen molar-refractivity contribution in [3.63, 3.8) is 0 Å². The summed E-state index contributed by atoms with van der Waals surface area (Å²) >= 11 is 0. The van der Waals surface area contributed by atoms with Gasteiger partial charge in [0.15, 0.2) is 0 Å². The van der Waals surface area contributed by atoms with Gasteiger partial charge >= 0.3 is 0 Å². The average molecular weight is 333 g/mol. The van der Waals surface area contributed by atoms with Crippen molar-refractivity contribution < 1.29 is 4.39 Å². The molecular weight excluding hydrogens is 309 g/mol. The summed E-state index contributed by atoms with van der Waals surface area (Å²) in [6.45, 7) is 6.60. The second-order valence-electron chi connectivity index (χ2n) is 7.07. The maximum absolute atomic E-state index is 13.1. The van der Waals surface area contributed by atoms with Crippen molar-refractivity contribution >= 4 is 11.4 Å². The van der Waals surface area contributed by atoms with Crippen LogP contribution in [0.5, 0.6) is 0 Å². The van der Waals surface area contributed by atoms with Crippen molar-refractivity contribution in [1.82, 2.24) is 0 Å². The van der Waals surface area contributed by atoms with E-state index in [0.717, 1.165) is 11.4 Å². The molecule has 3 aromatic rings. The van der Waals surface area contributed by atoms with Gasteiger partial charge in [-0.3, -0.25) is 0 Å². The van der Waals surface area contributed by atoms with Crippen molar-refractivity contribution in [3.05, 3.63) is 95.3 Å². The first-order chi connectivity index (χ1) is 11.9. The largest absolute Gasteiger partial charge is 0.345 e.